The van der Waals surface area contributed by atoms with Crippen LogP contribution in [0.2, 0.25) is 0 Å². The first kappa shape index (κ1) is 14.3. The summed E-state index contributed by atoms with van der Waals surface area (Å²) in [4.78, 5) is 0. The van der Waals surface area contributed by atoms with Crippen LogP contribution in [-0.4, -0.2) is 41.5 Å². The van der Waals surface area contributed by atoms with Crippen molar-refractivity contribution < 1.29 is 9.84 Å². The molecule has 3 N–H and O–H groups in total. The number of aliphatic hydroxyl groups is 1. The van der Waals surface area contributed by atoms with E-state index in [-0.39, 0.29) is 12.1 Å². The second kappa shape index (κ2) is 7.54. The van der Waals surface area contributed by atoms with Crippen molar-refractivity contribution in [2.75, 3.05) is 24.7 Å². The van der Waals surface area contributed by atoms with E-state index < -0.39 is 0 Å². The summed E-state index contributed by atoms with van der Waals surface area (Å²) < 4.78 is 5.56. The normalized spacial score (nSPS) is 24.6. The van der Waals surface area contributed by atoms with Crippen LogP contribution in [-0.2, 0) is 4.74 Å². The molecule has 2 unspecified atom stereocenters. The van der Waals surface area contributed by atoms with Crippen LogP contribution in [0.5, 0.6) is 0 Å². The minimum atomic E-state index is -0.357. The molecule has 1 heterocycles. The first-order valence-corrected chi connectivity index (χ1v) is 7.45. The number of rotatable bonds is 8. The number of thioether (sulfide) groups is 1. The second-order valence-corrected chi connectivity index (χ2v) is 5.84. The highest BCUT2D eigenvalue weighted by Crippen LogP contribution is 2.20. The zero-order valence-electron chi connectivity index (χ0n) is 10.3. The van der Waals surface area contributed by atoms with Crippen LogP contribution >= 0.6 is 11.8 Å². The van der Waals surface area contributed by atoms with Gasteiger partial charge >= 0.3 is 0 Å². The number of hydrogen-bond acceptors (Lipinski definition) is 4. The molecule has 0 spiro atoms. The van der Waals surface area contributed by atoms with E-state index in [4.69, 9.17) is 15.6 Å². The average molecular weight is 247 g/mol. The Morgan fingerprint density at radius 3 is 2.94 bits per heavy atom. The molecule has 1 rings (SSSR count). The van der Waals surface area contributed by atoms with Gasteiger partial charge in [0.05, 0.1) is 12.7 Å². The first-order chi connectivity index (χ1) is 7.70. The summed E-state index contributed by atoms with van der Waals surface area (Å²) >= 11 is 1.95. The highest BCUT2D eigenvalue weighted by atomic mass is 32.2. The third kappa shape index (κ3) is 5.04. The van der Waals surface area contributed by atoms with Crippen molar-refractivity contribution in [3.63, 3.8) is 0 Å². The fourth-order valence-electron chi connectivity index (χ4n) is 1.88. The van der Waals surface area contributed by atoms with Crippen LogP contribution in [0, 0.1) is 0 Å². The number of hydrogen-bond donors (Lipinski definition) is 2. The van der Waals surface area contributed by atoms with Gasteiger partial charge in [0.1, 0.15) is 0 Å². The lowest BCUT2D eigenvalue weighted by atomic mass is 9.93. The van der Waals surface area contributed by atoms with Crippen molar-refractivity contribution in [3.8, 4) is 0 Å². The van der Waals surface area contributed by atoms with Crippen molar-refractivity contribution in [1.29, 1.82) is 0 Å². The Labute approximate surface area is 103 Å². The third-order valence-electron chi connectivity index (χ3n) is 3.31. The van der Waals surface area contributed by atoms with E-state index in [1.54, 1.807) is 0 Å². The molecule has 2 atom stereocenters. The van der Waals surface area contributed by atoms with Crippen molar-refractivity contribution in [2.45, 2.75) is 50.7 Å². The molecule has 1 aliphatic heterocycles. The van der Waals surface area contributed by atoms with Crippen molar-refractivity contribution >= 4 is 11.8 Å². The minimum Gasteiger partial charge on any atom is -0.394 e. The second-order valence-electron chi connectivity index (χ2n) is 4.69. The quantitative estimate of drug-likeness (QED) is 0.642. The largest absolute Gasteiger partial charge is 0.394 e. The summed E-state index contributed by atoms with van der Waals surface area (Å²) in [6, 6.07) is 0. The minimum absolute atomic E-state index is 0.0971. The molecule has 96 valence electrons. The van der Waals surface area contributed by atoms with Crippen LogP contribution in [0.1, 0.15) is 39.0 Å². The molecule has 0 aromatic carbocycles. The topological polar surface area (TPSA) is 55.5 Å². The molecule has 3 nitrogen and oxygen atoms in total. The monoisotopic (exact) mass is 247 g/mol. The fraction of sp³-hybridized carbons (Fsp3) is 1.00. The average Bonchev–Trinajstić information content (AvgIpc) is 2.81. The van der Waals surface area contributed by atoms with E-state index in [0.29, 0.717) is 6.10 Å². The van der Waals surface area contributed by atoms with E-state index >= 15 is 0 Å². The van der Waals surface area contributed by atoms with Gasteiger partial charge in [-0.15, -0.1) is 0 Å². The number of nitrogens with two attached hydrogens (primary N) is 1. The van der Waals surface area contributed by atoms with Gasteiger partial charge in [-0.2, -0.15) is 11.8 Å². The summed E-state index contributed by atoms with van der Waals surface area (Å²) in [7, 11) is 0. The van der Waals surface area contributed by atoms with Crippen LogP contribution in [0.15, 0.2) is 0 Å². The molecule has 16 heavy (non-hydrogen) atoms. The van der Waals surface area contributed by atoms with Gasteiger partial charge < -0.3 is 15.6 Å². The Bertz CT molecular complexity index is 180. The molecule has 1 fully saturated rings. The SMILES string of the molecule is CCC(N)(CO)CCCSCC1CCCO1. The molecule has 0 aliphatic carbocycles. The lowest BCUT2D eigenvalue weighted by Crippen LogP contribution is -2.42. The maximum absolute atomic E-state index is 9.16. The predicted molar refractivity (Wildman–Crippen MR) is 69.8 cm³/mol. The summed E-state index contributed by atoms with van der Waals surface area (Å²) in [5, 5.41) is 9.16. The van der Waals surface area contributed by atoms with E-state index in [9.17, 15) is 0 Å². The maximum Gasteiger partial charge on any atom is 0.0666 e. The van der Waals surface area contributed by atoms with Gasteiger partial charge in [-0.1, -0.05) is 6.92 Å². The molecule has 0 aromatic heterocycles. The lowest BCUT2D eigenvalue weighted by Gasteiger charge is -2.25. The van der Waals surface area contributed by atoms with Gasteiger partial charge in [0.25, 0.3) is 0 Å². The van der Waals surface area contributed by atoms with E-state index in [1.807, 2.05) is 18.7 Å². The van der Waals surface area contributed by atoms with Crippen molar-refractivity contribution in [2.24, 2.45) is 5.73 Å². The summed E-state index contributed by atoms with van der Waals surface area (Å²) in [6.45, 7) is 3.08. The molecule has 1 aliphatic rings. The Balaban J connectivity index is 1.98. The van der Waals surface area contributed by atoms with E-state index in [0.717, 1.165) is 37.4 Å². The van der Waals surface area contributed by atoms with Crippen molar-refractivity contribution in [1.82, 2.24) is 0 Å². The smallest absolute Gasteiger partial charge is 0.0666 e. The molecule has 4 heteroatoms. The van der Waals surface area contributed by atoms with Crippen molar-refractivity contribution in [3.05, 3.63) is 0 Å². The zero-order valence-corrected chi connectivity index (χ0v) is 11.1. The number of aliphatic hydroxyl groups excluding tert-OH is 1. The van der Waals surface area contributed by atoms with Gasteiger partial charge in [-0.05, 0) is 37.9 Å². The standard InChI is InChI=1S/C12H25NO2S/c1-2-12(13,10-14)6-4-8-16-9-11-5-3-7-15-11/h11,14H,2-10,13H2,1H3. The number of ether oxygens (including phenoxy) is 1. The highest BCUT2D eigenvalue weighted by molar-refractivity contribution is 7.99. The summed E-state index contributed by atoms with van der Waals surface area (Å²) in [5.41, 5.74) is 5.66. The summed E-state index contributed by atoms with van der Waals surface area (Å²) in [5.74, 6) is 2.24. The Morgan fingerprint density at radius 1 is 1.56 bits per heavy atom. The van der Waals surface area contributed by atoms with Crippen LogP contribution in [0.3, 0.4) is 0 Å². The molecule has 0 saturated carbocycles. The van der Waals surface area contributed by atoms with Gasteiger partial charge in [0.15, 0.2) is 0 Å². The van der Waals surface area contributed by atoms with E-state index in [1.165, 1.54) is 12.8 Å². The first-order valence-electron chi connectivity index (χ1n) is 6.29. The molecule has 0 radical (unpaired) electrons. The van der Waals surface area contributed by atoms with Gasteiger partial charge in [0.2, 0.25) is 0 Å². The van der Waals surface area contributed by atoms with Gasteiger partial charge in [-0.3, -0.25) is 0 Å². The zero-order chi connectivity index (χ0) is 11.9. The molecule has 0 bridgehead atoms. The Hall–Kier alpha value is 0.230. The molecular weight excluding hydrogens is 222 g/mol. The molecule has 0 aromatic rings. The molecular formula is C12H25NO2S. The Kier molecular flexibility index (Phi) is 6.73. The van der Waals surface area contributed by atoms with Crippen LogP contribution in [0.4, 0.5) is 0 Å². The van der Waals surface area contributed by atoms with Crippen LogP contribution < -0.4 is 5.73 Å². The lowest BCUT2D eigenvalue weighted by molar-refractivity contribution is 0.129. The van der Waals surface area contributed by atoms with E-state index in [2.05, 4.69) is 0 Å². The van der Waals surface area contributed by atoms with Gasteiger partial charge in [0, 0.05) is 17.9 Å². The Morgan fingerprint density at radius 2 is 2.38 bits per heavy atom. The molecule has 1 saturated heterocycles. The highest BCUT2D eigenvalue weighted by Gasteiger charge is 2.21. The third-order valence-corrected chi connectivity index (χ3v) is 4.49. The molecule has 0 amide bonds. The maximum atomic E-state index is 9.16. The predicted octanol–water partition coefficient (Wildman–Crippen LogP) is 1.78. The van der Waals surface area contributed by atoms with Gasteiger partial charge in [-0.25, -0.2) is 0 Å². The van der Waals surface area contributed by atoms with Crippen LogP contribution in [0.25, 0.3) is 0 Å². The summed E-state index contributed by atoms with van der Waals surface area (Å²) in [6.07, 6.45) is 5.77. The fourth-order valence-corrected chi connectivity index (χ4v) is 2.93.